The summed E-state index contributed by atoms with van der Waals surface area (Å²) in [4.78, 5) is 11.4. The SMILES string of the molecule is CCOC(=O)CCc1ccc(OCC(O)CNCCOc2ccccc2OC)cc1. The highest BCUT2D eigenvalue weighted by molar-refractivity contribution is 5.69. The van der Waals surface area contributed by atoms with Crippen LogP contribution >= 0.6 is 0 Å². The first-order valence-corrected chi connectivity index (χ1v) is 10.1. The summed E-state index contributed by atoms with van der Waals surface area (Å²) in [7, 11) is 1.61. The van der Waals surface area contributed by atoms with Gasteiger partial charge in [0.15, 0.2) is 11.5 Å². The number of methoxy groups -OCH3 is 1. The Labute approximate surface area is 177 Å². The Bertz CT molecular complexity index is 750. The zero-order chi connectivity index (χ0) is 21.6. The van der Waals surface area contributed by atoms with E-state index in [0.717, 1.165) is 5.56 Å². The van der Waals surface area contributed by atoms with Gasteiger partial charge < -0.3 is 29.4 Å². The lowest BCUT2D eigenvalue weighted by molar-refractivity contribution is -0.143. The Kier molecular flexibility index (Phi) is 10.5. The maximum atomic E-state index is 11.4. The molecule has 7 heteroatoms. The van der Waals surface area contributed by atoms with Crippen molar-refractivity contribution in [3.8, 4) is 17.2 Å². The van der Waals surface area contributed by atoms with Crippen molar-refractivity contribution in [3.05, 3.63) is 54.1 Å². The van der Waals surface area contributed by atoms with Gasteiger partial charge in [0.1, 0.15) is 25.1 Å². The number of ether oxygens (including phenoxy) is 4. The standard InChI is InChI=1S/C23H31NO6/c1-3-28-23(26)13-10-18-8-11-20(12-9-18)30-17-19(25)16-24-14-15-29-22-7-5-4-6-21(22)27-2/h4-9,11-12,19,24-25H,3,10,13-17H2,1-2H3. The maximum absolute atomic E-state index is 11.4. The van der Waals surface area contributed by atoms with E-state index in [1.165, 1.54) is 0 Å². The third-order valence-corrected chi connectivity index (χ3v) is 4.27. The van der Waals surface area contributed by atoms with Crippen molar-refractivity contribution in [2.75, 3.05) is 40.0 Å². The zero-order valence-corrected chi connectivity index (χ0v) is 17.6. The van der Waals surface area contributed by atoms with Crippen LogP contribution in [0.15, 0.2) is 48.5 Å². The summed E-state index contributed by atoms with van der Waals surface area (Å²) in [6.45, 7) is 3.82. The fourth-order valence-corrected chi connectivity index (χ4v) is 2.72. The van der Waals surface area contributed by atoms with Crippen LogP contribution in [0.4, 0.5) is 0 Å². The van der Waals surface area contributed by atoms with E-state index in [2.05, 4.69) is 5.32 Å². The maximum Gasteiger partial charge on any atom is 0.306 e. The van der Waals surface area contributed by atoms with E-state index in [9.17, 15) is 9.90 Å². The molecular formula is C23H31NO6. The van der Waals surface area contributed by atoms with E-state index in [4.69, 9.17) is 18.9 Å². The summed E-state index contributed by atoms with van der Waals surface area (Å²) < 4.78 is 21.4. The van der Waals surface area contributed by atoms with Crippen LogP contribution in [0.3, 0.4) is 0 Å². The lowest BCUT2D eigenvalue weighted by Gasteiger charge is -2.14. The van der Waals surface area contributed by atoms with Gasteiger partial charge in [-0.15, -0.1) is 0 Å². The van der Waals surface area contributed by atoms with E-state index < -0.39 is 6.10 Å². The van der Waals surface area contributed by atoms with Crippen LogP contribution in [0.5, 0.6) is 17.2 Å². The summed E-state index contributed by atoms with van der Waals surface area (Å²) in [5, 5.41) is 13.2. The van der Waals surface area contributed by atoms with E-state index in [0.29, 0.717) is 56.4 Å². The molecule has 2 rings (SSSR count). The lowest BCUT2D eigenvalue weighted by Crippen LogP contribution is -2.33. The van der Waals surface area contributed by atoms with Crippen molar-refractivity contribution < 1.29 is 28.8 Å². The summed E-state index contributed by atoms with van der Waals surface area (Å²) in [6.07, 6.45) is 0.349. The second-order valence-corrected chi connectivity index (χ2v) is 6.62. The number of nitrogens with one attached hydrogen (secondary N) is 1. The van der Waals surface area contributed by atoms with Gasteiger partial charge in [-0.3, -0.25) is 4.79 Å². The molecule has 0 bridgehead atoms. The van der Waals surface area contributed by atoms with Crippen molar-refractivity contribution in [2.24, 2.45) is 0 Å². The average molecular weight is 418 g/mol. The Morgan fingerprint density at radius 2 is 1.80 bits per heavy atom. The van der Waals surface area contributed by atoms with Crippen LogP contribution < -0.4 is 19.5 Å². The Hall–Kier alpha value is -2.77. The third kappa shape index (κ3) is 8.71. The van der Waals surface area contributed by atoms with Crippen LogP contribution in [0.25, 0.3) is 0 Å². The molecule has 2 aromatic carbocycles. The second kappa shape index (κ2) is 13.5. The van der Waals surface area contributed by atoms with Gasteiger partial charge >= 0.3 is 5.97 Å². The smallest absolute Gasteiger partial charge is 0.306 e. The van der Waals surface area contributed by atoms with Crippen molar-refractivity contribution in [2.45, 2.75) is 25.9 Å². The molecule has 0 heterocycles. The van der Waals surface area contributed by atoms with Crippen LogP contribution in [0.1, 0.15) is 18.9 Å². The minimum Gasteiger partial charge on any atom is -0.493 e. The molecule has 0 aliphatic heterocycles. The number of hydrogen-bond donors (Lipinski definition) is 2. The molecule has 7 nitrogen and oxygen atoms in total. The van der Waals surface area contributed by atoms with E-state index in [1.54, 1.807) is 14.0 Å². The Balaban J connectivity index is 1.59. The highest BCUT2D eigenvalue weighted by Crippen LogP contribution is 2.25. The molecule has 0 amide bonds. The van der Waals surface area contributed by atoms with Crippen LogP contribution in [0.2, 0.25) is 0 Å². The average Bonchev–Trinajstić information content (AvgIpc) is 2.77. The Morgan fingerprint density at radius 1 is 1.07 bits per heavy atom. The highest BCUT2D eigenvalue weighted by Gasteiger charge is 2.07. The molecule has 0 fully saturated rings. The van der Waals surface area contributed by atoms with E-state index in [1.807, 2.05) is 48.5 Å². The molecule has 30 heavy (non-hydrogen) atoms. The molecule has 164 valence electrons. The van der Waals surface area contributed by atoms with Crippen LogP contribution in [0, 0.1) is 0 Å². The largest absolute Gasteiger partial charge is 0.493 e. The number of para-hydroxylation sites is 2. The van der Waals surface area contributed by atoms with Crippen LogP contribution in [-0.4, -0.2) is 57.2 Å². The summed E-state index contributed by atoms with van der Waals surface area (Å²) in [6, 6.07) is 15.0. The molecule has 0 aliphatic carbocycles. The number of aliphatic hydroxyl groups is 1. The number of benzene rings is 2. The predicted molar refractivity (Wildman–Crippen MR) is 114 cm³/mol. The number of carbonyl (C=O) groups is 1. The first-order valence-electron chi connectivity index (χ1n) is 10.1. The topological polar surface area (TPSA) is 86.3 Å². The van der Waals surface area contributed by atoms with Gasteiger partial charge in [0.25, 0.3) is 0 Å². The molecule has 0 saturated carbocycles. The number of hydrogen-bond acceptors (Lipinski definition) is 7. The molecule has 2 aromatic rings. The highest BCUT2D eigenvalue weighted by atomic mass is 16.5. The van der Waals surface area contributed by atoms with E-state index >= 15 is 0 Å². The Morgan fingerprint density at radius 3 is 2.50 bits per heavy atom. The van der Waals surface area contributed by atoms with Gasteiger partial charge in [-0.2, -0.15) is 0 Å². The van der Waals surface area contributed by atoms with Crippen molar-refractivity contribution in [3.63, 3.8) is 0 Å². The van der Waals surface area contributed by atoms with Crippen molar-refractivity contribution in [1.29, 1.82) is 0 Å². The van der Waals surface area contributed by atoms with E-state index in [-0.39, 0.29) is 12.6 Å². The van der Waals surface area contributed by atoms with Gasteiger partial charge in [-0.1, -0.05) is 24.3 Å². The number of aliphatic hydroxyl groups excluding tert-OH is 1. The molecule has 0 aromatic heterocycles. The molecule has 1 unspecified atom stereocenters. The van der Waals surface area contributed by atoms with Gasteiger partial charge in [-0.25, -0.2) is 0 Å². The number of carbonyl (C=O) groups excluding carboxylic acids is 1. The number of rotatable bonds is 14. The minimum absolute atomic E-state index is 0.183. The normalized spacial score (nSPS) is 11.6. The summed E-state index contributed by atoms with van der Waals surface area (Å²) >= 11 is 0. The summed E-state index contributed by atoms with van der Waals surface area (Å²) in [5.41, 5.74) is 1.03. The van der Waals surface area contributed by atoms with Gasteiger partial charge in [0.2, 0.25) is 0 Å². The van der Waals surface area contributed by atoms with Crippen LogP contribution in [-0.2, 0) is 16.0 Å². The minimum atomic E-state index is -0.639. The molecule has 1 atom stereocenters. The third-order valence-electron chi connectivity index (χ3n) is 4.27. The van der Waals surface area contributed by atoms with Gasteiger partial charge in [-0.05, 0) is 43.2 Å². The molecular weight excluding hydrogens is 386 g/mol. The second-order valence-electron chi connectivity index (χ2n) is 6.62. The van der Waals surface area contributed by atoms with Gasteiger partial charge in [0.05, 0.1) is 13.7 Å². The first kappa shape index (κ1) is 23.5. The number of esters is 1. The zero-order valence-electron chi connectivity index (χ0n) is 17.6. The van der Waals surface area contributed by atoms with Crippen molar-refractivity contribution in [1.82, 2.24) is 5.32 Å². The lowest BCUT2D eigenvalue weighted by atomic mass is 10.1. The fourth-order valence-electron chi connectivity index (χ4n) is 2.72. The molecule has 2 N–H and O–H groups in total. The molecule has 0 aliphatic rings. The monoisotopic (exact) mass is 417 g/mol. The summed E-state index contributed by atoms with van der Waals surface area (Å²) in [5.74, 6) is 1.87. The molecule has 0 saturated heterocycles. The molecule has 0 spiro atoms. The van der Waals surface area contributed by atoms with Gasteiger partial charge in [0, 0.05) is 19.5 Å². The quantitative estimate of drug-likeness (QED) is 0.361. The number of aryl methyl sites for hydroxylation is 1. The first-order chi connectivity index (χ1) is 14.6. The molecule has 0 radical (unpaired) electrons. The predicted octanol–water partition coefficient (Wildman–Crippen LogP) is 2.60. The fraction of sp³-hybridized carbons (Fsp3) is 0.435. The van der Waals surface area contributed by atoms with Crippen molar-refractivity contribution >= 4 is 5.97 Å².